The molecule has 0 radical (unpaired) electrons. The molecular weight excluding hydrogens is 304 g/mol. The van der Waals surface area contributed by atoms with Gasteiger partial charge >= 0.3 is 0 Å². The van der Waals surface area contributed by atoms with Gasteiger partial charge in [0.15, 0.2) is 0 Å². The molecule has 0 aliphatic heterocycles. The second kappa shape index (κ2) is 7.67. The highest BCUT2D eigenvalue weighted by atomic mass is 16.3. The maximum absolute atomic E-state index is 11.1. The van der Waals surface area contributed by atoms with Gasteiger partial charge in [-0.25, -0.2) is 0 Å². The zero-order valence-electron chi connectivity index (χ0n) is 15.2. The Bertz CT molecular complexity index is 759. The molecule has 1 nitrogen and oxygen atoms in total. The maximum Gasteiger partial charge on any atom is 0.0804 e. The lowest BCUT2D eigenvalue weighted by atomic mass is 9.83. The van der Waals surface area contributed by atoms with Gasteiger partial charge in [-0.2, -0.15) is 0 Å². The van der Waals surface area contributed by atoms with Crippen LogP contribution in [0.4, 0.5) is 0 Å². The van der Waals surface area contributed by atoms with Crippen molar-refractivity contribution in [2.45, 2.75) is 39.2 Å². The molecule has 128 valence electrons. The Morgan fingerprint density at radius 1 is 0.720 bits per heavy atom. The van der Waals surface area contributed by atoms with Gasteiger partial charge in [-0.05, 0) is 55.0 Å². The molecule has 0 spiro atoms. The molecule has 1 heteroatoms. The largest absolute Gasteiger partial charge is 0.388 e. The van der Waals surface area contributed by atoms with Gasteiger partial charge < -0.3 is 5.11 Å². The third-order valence-electron chi connectivity index (χ3n) is 4.93. The van der Waals surface area contributed by atoms with Crippen LogP contribution in [0.5, 0.6) is 0 Å². The normalized spacial score (nSPS) is 12.4. The van der Waals surface area contributed by atoms with E-state index in [-0.39, 0.29) is 5.92 Å². The van der Waals surface area contributed by atoms with E-state index in [1.165, 1.54) is 27.8 Å². The SMILES string of the molecule is Cc1cc(C)c(C(O)CC(c2ccccc2)c2ccccc2)c(C)c1. The summed E-state index contributed by atoms with van der Waals surface area (Å²) < 4.78 is 0. The second-order valence-electron chi connectivity index (χ2n) is 6.94. The summed E-state index contributed by atoms with van der Waals surface area (Å²) in [6, 6.07) is 25.3. The van der Waals surface area contributed by atoms with E-state index in [0.717, 1.165) is 5.56 Å². The first-order chi connectivity index (χ1) is 12.1. The molecule has 0 bridgehead atoms. The molecule has 3 rings (SSSR count). The van der Waals surface area contributed by atoms with Crippen molar-refractivity contribution in [3.05, 3.63) is 106 Å². The first-order valence-electron chi connectivity index (χ1n) is 8.92. The first-order valence-corrected chi connectivity index (χ1v) is 8.92. The molecule has 0 fully saturated rings. The third-order valence-corrected chi connectivity index (χ3v) is 4.93. The Labute approximate surface area is 151 Å². The monoisotopic (exact) mass is 330 g/mol. The molecular formula is C24H26O. The van der Waals surface area contributed by atoms with Gasteiger partial charge in [0.25, 0.3) is 0 Å². The van der Waals surface area contributed by atoms with Crippen molar-refractivity contribution in [2.24, 2.45) is 0 Å². The van der Waals surface area contributed by atoms with E-state index >= 15 is 0 Å². The molecule has 1 atom stereocenters. The molecule has 0 amide bonds. The van der Waals surface area contributed by atoms with E-state index in [1.807, 2.05) is 12.1 Å². The van der Waals surface area contributed by atoms with Crippen LogP contribution in [-0.4, -0.2) is 5.11 Å². The summed E-state index contributed by atoms with van der Waals surface area (Å²) in [6.45, 7) is 6.30. The van der Waals surface area contributed by atoms with Gasteiger partial charge in [-0.3, -0.25) is 0 Å². The maximum atomic E-state index is 11.1. The van der Waals surface area contributed by atoms with Crippen LogP contribution in [0.1, 0.15) is 51.8 Å². The van der Waals surface area contributed by atoms with Gasteiger partial charge in [-0.1, -0.05) is 78.4 Å². The predicted molar refractivity (Wildman–Crippen MR) is 105 cm³/mol. The minimum atomic E-state index is -0.481. The van der Waals surface area contributed by atoms with Crippen LogP contribution in [0.2, 0.25) is 0 Å². The lowest BCUT2D eigenvalue weighted by molar-refractivity contribution is 0.160. The quantitative estimate of drug-likeness (QED) is 0.620. The molecule has 0 aromatic heterocycles. The Morgan fingerprint density at radius 3 is 1.60 bits per heavy atom. The van der Waals surface area contributed by atoms with E-state index in [2.05, 4.69) is 81.4 Å². The van der Waals surface area contributed by atoms with E-state index in [0.29, 0.717) is 6.42 Å². The molecule has 3 aromatic rings. The van der Waals surface area contributed by atoms with Crippen molar-refractivity contribution in [3.8, 4) is 0 Å². The fourth-order valence-electron chi connectivity index (χ4n) is 3.89. The molecule has 0 heterocycles. The molecule has 0 saturated heterocycles. The van der Waals surface area contributed by atoms with Crippen molar-refractivity contribution in [1.82, 2.24) is 0 Å². The summed E-state index contributed by atoms with van der Waals surface area (Å²) in [4.78, 5) is 0. The highest BCUT2D eigenvalue weighted by Crippen LogP contribution is 2.36. The zero-order valence-corrected chi connectivity index (χ0v) is 15.2. The van der Waals surface area contributed by atoms with Crippen molar-refractivity contribution in [3.63, 3.8) is 0 Å². The van der Waals surface area contributed by atoms with Crippen molar-refractivity contribution < 1.29 is 5.11 Å². The van der Waals surface area contributed by atoms with Gasteiger partial charge in [0.1, 0.15) is 0 Å². The van der Waals surface area contributed by atoms with Gasteiger partial charge in [0, 0.05) is 5.92 Å². The minimum Gasteiger partial charge on any atom is -0.388 e. The molecule has 1 unspecified atom stereocenters. The topological polar surface area (TPSA) is 20.2 Å². The summed E-state index contributed by atoms with van der Waals surface area (Å²) in [5.41, 5.74) is 7.15. The van der Waals surface area contributed by atoms with Crippen molar-refractivity contribution in [1.29, 1.82) is 0 Å². The van der Waals surface area contributed by atoms with E-state index in [1.54, 1.807) is 0 Å². The molecule has 3 aromatic carbocycles. The Balaban J connectivity index is 1.96. The van der Waals surface area contributed by atoms with Crippen LogP contribution >= 0.6 is 0 Å². The van der Waals surface area contributed by atoms with E-state index in [9.17, 15) is 5.11 Å². The van der Waals surface area contributed by atoms with Crippen LogP contribution in [-0.2, 0) is 0 Å². The Morgan fingerprint density at radius 2 is 1.16 bits per heavy atom. The number of hydrogen-bond acceptors (Lipinski definition) is 1. The lowest BCUT2D eigenvalue weighted by Gasteiger charge is -2.24. The van der Waals surface area contributed by atoms with E-state index < -0.39 is 6.10 Å². The number of aliphatic hydroxyl groups is 1. The third kappa shape index (κ3) is 4.00. The van der Waals surface area contributed by atoms with Gasteiger partial charge in [0.2, 0.25) is 0 Å². The van der Waals surface area contributed by atoms with E-state index in [4.69, 9.17) is 0 Å². The van der Waals surface area contributed by atoms with Crippen LogP contribution in [0.15, 0.2) is 72.8 Å². The number of benzene rings is 3. The second-order valence-corrected chi connectivity index (χ2v) is 6.94. The molecule has 25 heavy (non-hydrogen) atoms. The zero-order chi connectivity index (χ0) is 17.8. The number of rotatable bonds is 5. The Hall–Kier alpha value is -2.38. The molecule has 1 N–H and O–H groups in total. The summed E-state index contributed by atoms with van der Waals surface area (Å²) >= 11 is 0. The smallest absolute Gasteiger partial charge is 0.0804 e. The summed E-state index contributed by atoms with van der Waals surface area (Å²) in [7, 11) is 0. The number of aryl methyl sites for hydroxylation is 3. The van der Waals surface area contributed by atoms with Crippen LogP contribution in [0.25, 0.3) is 0 Å². The van der Waals surface area contributed by atoms with Crippen LogP contribution < -0.4 is 0 Å². The van der Waals surface area contributed by atoms with Crippen molar-refractivity contribution >= 4 is 0 Å². The average Bonchev–Trinajstić information content (AvgIpc) is 2.60. The van der Waals surface area contributed by atoms with Gasteiger partial charge in [0.05, 0.1) is 6.10 Å². The number of hydrogen-bond donors (Lipinski definition) is 1. The lowest BCUT2D eigenvalue weighted by Crippen LogP contribution is -2.10. The van der Waals surface area contributed by atoms with Crippen LogP contribution in [0, 0.1) is 20.8 Å². The predicted octanol–water partition coefficient (Wildman–Crippen LogP) is 5.87. The molecule has 0 aliphatic carbocycles. The van der Waals surface area contributed by atoms with Crippen LogP contribution in [0.3, 0.4) is 0 Å². The minimum absolute atomic E-state index is 0.178. The van der Waals surface area contributed by atoms with Crippen molar-refractivity contribution in [2.75, 3.05) is 0 Å². The first kappa shape index (κ1) is 17.4. The molecule has 0 saturated carbocycles. The fourth-order valence-corrected chi connectivity index (χ4v) is 3.89. The Kier molecular flexibility index (Phi) is 5.35. The van der Waals surface area contributed by atoms with Gasteiger partial charge in [-0.15, -0.1) is 0 Å². The number of aliphatic hydroxyl groups excluding tert-OH is 1. The standard InChI is InChI=1S/C24H26O/c1-17-14-18(2)24(19(3)15-17)23(25)16-22(20-10-6-4-7-11-20)21-12-8-5-9-13-21/h4-15,22-23,25H,16H2,1-3H3. The fraction of sp³-hybridized carbons (Fsp3) is 0.250. The summed E-state index contributed by atoms with van der Waals surface area (Å²) in [5.74, 6) is 0.178. The molecule has 0 aliphatic rings. The summed E-state index contributed by atoms with van der Waals surface area (Å²) in [6.07, 6.45) is 0.199. The highest BCUT2D eigenvalue weighted by Gasteiger charge is 2.22. The highest BCUT2D eigenvalue weighted by molar-refractivity contribution is 5.40. The average molecular weight is 330 g/mol. The summed E-state index contributed by atoms with van der Waals surface area (Å²) in [5, 5.41) is 11.1.